The van der Waals surface area contributed by atoms with Crippen LogP contribution in [0.5, 0.6) is 0 Å². The molecule has 0 amide bonds. The molecule has 0 aromatic rings. The normalized spacial score (nSPS) is 15.3. The van der Waals surface area contributed by atoms with E-state index in [4.69, 9.17) is 0 Å². The van der Waals surface area contributed by atoms with Crippen LogP contribution in [-0.4, -0.2) is 17.5 Å². The summed E-state index contributed by atoms with van der Waals surface area (Å²) >= 11 is 0. The molecule has 0 aliphatic heterocycles. The first-order chi connectivity index (χ1) is 6.20. The highest BCUT2D eigenvalue weighted by Gasteiger charge is 2.05. The Balaban J connectivity index is 3.27. The highest BCUT2D eigenvalue weighted by molar-refractivity contribution is 5.49. The maximum Gasteiger partial charge on any atom is 0.122 e. The average Bonchev–Trinajstić information content (AvgIpc) is 2.05. The van der Waals surface area contributed by atoms with Crippen LogP contribution in [-0.2, 0) is 4.79 Å². The molecule has 78 valence electrons. The summed E-state index contributed by atoms with van der Waals surface area (Å²) in [5, 5.41) is 9.26. The fourth-order valence-electron chi connectivity index (χ4n) is 1.57. The van der Waals surface area contributed by atoms with E-state index in [0.717, 1.165) is 25.0 Å². The minimum absolute atomic E-state index is 0.294. The Kier molecular flexibility index (Phi) is 8.00. The molecule has 0 saturated carbocycles. The van der Waals surface area contributed by atoms with Crippen molar-refractivity contribution in [3.63, 3.8) is 0 Å². The molecule has 0 spiro atoms. The Morgan fingerprint density at radius 2 is 2.00 bits per heavy atom. The van der Waals surface area contributed by atoms with Gasteiger partial charge in [-0.15, -0.1) is 0 Å². The molecule has 0 aliphatic rings. The van der Waals surface area contributed by atoms with Crippen LogP contribution >= 0.6 is 0 Å². The van der Waals surface area contributed by atoms with Gasteiger partial charge < -0.3 is 9.90 Å². The lowest BCUT2D eigenvalue weighted by atomic mass is 9.98. The van der Waals surface area contributed by atoms with Crippen LogP contribution < -0.4 is 0 Å². The van der Waals surface area contributed by atoms with Crippen molar-refractivity contribution in [3.8, 4) is 0 Å². The molecule has 2 nitrogen and oxygen atoms in total. The Morgan fingerprint density at radius 1 is 1.31 bits per heavy atom. The second kappa shape index (κ2) is 8.24. The minimum Gasteiger partial charge on any atom is -0.393 e. The van der Waals surface area contributed by atoms with E-state index < -0.39 is 6.10 Å². The Morgan fingerprint density at radius 3 is 2.54 bits per heavy atom. The molecular formula is C11H22O2. The molecule has 0 rings (SSSR count). The summed E-state index contributed by atoms with van der Waals surface area (Å²) in [6.45, 7) is 4.44. The molecule has 0 aliphatic carbocycles. The van der Waals surface area contributed by atoms with Crippen molar-refractivity contribution in [1.29, 1.82) is 0 Å². The number of aliphatic hydroxyl groups is 1. The minimum atomic E-state index is -0.411. The number of aliphatic hydroxyl groups excluding tert-OH is 1. The fraction of sp³-hybridized carbons (Fsp3) is 0.909. The fourth-order valence-corrected chi connectivity index (χ4v) is 1.57. The van der Waals surface area contributed by atoms with Crippen LogP contribution in [0.25, 0.3) is 0 Å². The molecular weight excluding hydrogens is 164 g/mol. The first-order valence-electron chi connectivity index (χ1n) is 5.32. The van der Waals surface area contributed by atoms with Crippen LogP contribution in [0, 0.1) is 5.92 Å². The van der Waals surface area contributed by atoms with Crippen molar-refractivity contribution in [2.75, 3.05) is 0 Å². The maximum atomic E-state index is 10.1. The van der Waals surface area contributed by atoms with Crippen LogP contribution in [0.3, 0.4) is 0 Å². The third kappa shape index (κ3) is 7.97. The van der Waals surface area contributed by atoms with Crippen molar-refractivity contribution in [2.24, 2.45) is 5.92 Å². The van der Waals surface area contributed by atoms with E-state index in [1.807, 2.05) is 0 Å². The van der Waals surface area contributed by atoms with E-state index in [2.05, 4.69) is 13.8 Å². The summed E-state index contributed by atoms with van der Waals surface area (Å²) in [7, 11) is 0. The summed E-state index contributed by atoms with van der Waals surface area (Å²) in [4.78, 5) is 10.1. The van der Waals surface area contributed by atoms with E-state index in [0.29, 0.717) is 6.42 Å². The zero-order valence-corrected chi connectivity index (χ0v) is 8.83. The zero-order valence-electron chi connectivity index (χ0n) is 8.83. The van der Waals surface area contributed by atoms with Gasteiger partial charge >= 0.3 is 0 Å². The van der Waals surface area contributed by atoms with Crippen molar-refractivity contribution in [2.45, 2.75) is 58.5 Å². The predicted molar refractivity (Wildman–Crippen MR) is 54.6 cm³/mol. The van der Waals surface area contributed by atoms with Gasteiger partial charge in [0, 0.05) is 6.42 Å². The van der Waals surface area contributed by atoms with Crippen LogP contribution in [0.2, 0.25) is 0 Å². The number of hydrogen-bond acceptors (Lipinski definition) is 2. The van der Waals surface area contributed by atoms with Gasteiger partial charge in [0.25, 0.3) is 0 Å². The summed E-state index contributed by atoms with van der Waals surface area (Å²) in [5.41, 5.74) is 0. The largest absolute Gasteiger partial charge is 0.393 e. The van der Waals surface area contributed by atoms with Gasteiger partial charge in [-0.25, -0.2) is 0 Å². The van der Waals surface area contributed by atoms with Crippen LogP contribution in [0.1, 0.15) is 52.4 Å². The van der Waals surface area contributed by atoms with Gasteiger partial charge in [-0.3, -0.25) is 0 Å². The average molecular weight is 186 g/mol. The molecule has 1 N–H and O–H groups in total. The number of carbonyl (C=O) groups is 1. The lowest BCUT2D eigenvalue weighted by Crippen LogP contribution is -2.07. The topological polar surface area (TPSA) is 37.3 Å². The van der Waals surface area contributed by atoms with Gasteiger partial charge in [-0.05, 0) is 12.3 Å². The number of rotatable bonds is 8. The smallest absolute Gasteiger partial charge is 0.122 e. The van der Waals surface area contributed by atoms with Gasteiger partial charge in [-0.2, -0.15) is 0 Å². The molecule has 2 unspecified atom stereocenters. The monoisotopic (exact) mass is 186 g/mol. The highest BCUT2D eigenvalue weighted by Crippen LogP contribution is 2.14. The molecule has 0 saturated heterocycles. The van der Waals surface area contributed by atoms with Gasteiger partial charge in [0.2, 0.25) is 0 Å². The number of aldehydes is 1. The standard InChI is InChI=1S/C11H22O2/c1-3-5-10(2)6-4-7-11(13)8-9-12/h9-11,13H,3-8H2,1-2H3. The second-order valence-corrected chi connectivity index (χ2v) is 3.88. The van der Waals surface area contributed by atoms with E-state index in [1.54, 1.807) is 0 Å². The third-order valence-electron chi connectivity index (χ3n) is 2.38. The molecule has 13 heavy (non-hydrogen) atoms. The lowest BCUT2D eigenvalue weighted by Gasteiger charge is -2.11. The van der Waals surface area contributed by atoms with Crippen molar-refractivity contribution >= 4 is 6.29 Å². The second-order valence-electron chi connectivity index (χ2n) is 3.88. The first kappa shape index (κ1) is 12.6. The number of hydrogen-bond donors (Lipinski definition) is 1. The first-order valence-corrected chi connectivity index (χ1v) is 5.32. The maximum absolute atomic E-state index is 10.1. The van der Waals surface area contributed by atoms with Gasteiger partial charge in [-0.1, -0.05) is 39.5 Å². The molecule has 0 fully saturated rings. The van der Waals surface area contributed by atoms with Gasteiger partial charge in [0.15, 0.2) is 0 Å². The van der Waals surface area contributed by atoms with E-state index in [1.165, 1.54) is 19.3 Å². The molecule has 2 atom stereocenters. The lowest BCUT2D eigenvalue weighted by molar-refractivity contribution is -0.109. The molecule has 0 aromatic heterocycles. The van der Waals surface area contributed by atoms with Crippen LogP contribution in [0.15, 0.2) is 0 Å². The summed E-state index contributed by atoms with van der Waals surface area (Å²) < 4.78 is 0. The predicted octanol–water partition coefficient (Wildman–Crippen LogP) is 2.54. The van der Waals surface area contributed by atoms with Crippen LogP contribution in [0.4, 0.5) is 0 Å². The molecule has 0 bridgehead atoms. The summed E-state index contributed by atoms with van der Waals surface area (Å²) in [6, 6.07) is 0. The molecule has 0 aromatic carbocycles. The van der Waals surface area contributed by atoms with Gasteiger partial charge in [0.05, 0.1) is 6.10 Å². The number of carbonyl (C=O) groups excluding carboxylic acids is 1. The third-order valence-corrected chi connectivity index (χ3v) is 2.38. The summed E-state index contributed by atoms with van der Waals surface area (Å²) in [5.74, 6) is 0.758. The van der Waals surface area contributed by atoms with Crippen molar-refractivity contribution in [1.82, 2.24) is 0 Å². The highest BCUT2D eigenvalue weighted by atomic mass is 16.3. The molecule has 0 heterocycles. The Labute approximate surface area is 81.3 Å². The quantitative estimate of drug-likeness (QED) is 0.591. The van der Waals surface area contributed by atoms with E-state index >= 15 is 0 Å². The van der Waals surface area contributed by atoms with Crippen molar-refractivity contribution < 1.29 is 9.90 Å². The molecule has 2 heteroatoms. The van der Waals surface area contributed by atoms with E-state index in [-0.39, 0.29) is 0 Å². The zero-order chi connectivity index (χ0) is 10.1. The van der Waals surface area contributed by atoms with Crippen molar-refractivity contribution in [3.05, 3.63) is 0 Å². The van der Waals surface area contributed by atoms with E-state index in [9.17, 15) is 9.90 Å². The SMILES string of the molecule is CCCC(C)CCCC(O)CC=O. The Bertz CT molecular complexity index is 123. The Hall–Kier alpha value is -0.370. The summed E-state index contributed by atoms with van der Waals surface area (Å²) in [6.07, 6.45) is 6.16. The molecule has 0 radical (unpaired) electrons. The van der Waals surface area contributed by atoms with Gasteiger partial charge in [0.1, 0.15) is 6.29 Å².